The number of piperazine rings is 1. The fourth-order valence-electron chi connectivity index (χ4n) is 1.77. The van der Waals surface area contributed by atoms with Crippen molar-refractivity contribution in [1.82, 2.24) is 15.1 Å². The molecule has 4 amide bonds. The summed E-state index contributed by atoms with van der Waals surface area (Å²) >= 11 is 0. The number of urea groups is 1. The third-order valence-corrected chi connectivity index (χ3v) is 2.96. The first-order chi connectivity index (χ1) is 9.29. The number of nitrogens with zero attached hydrogens (tertiary/aromatic N) is 2. The molecule has 0 radical (unpaired) electrons. The van der Waals surface area contributed by atoms with Crippen LogP contribution in [0.3, 0.4) is 0 Å². The molecule has 1 heterocycles. The SMILES string of the molecule is CCN1CCN(C(=O)N[C@@H](C(=O)O)[C@H](C)O)C(=O)C1=O. The number of likely N-dealkylation sites (N-methyl/N-ethyl adjacent to an activating group) is 1. The van der Waals surface area contributed by atoms with E-state index in [1.807, 2.05) is 5.32 Å². The molecule has 0 aromatic heterocycles. The zero-order valence-electron chi connectivity index (χ0n) is 11.2. The predicted molar refractivity (Wildman–Crippen MR) is 65.6 cm³/mol. The lowest BCUT2D eigenvalue weighted by Gasteiger charge is -2.32. The Morgan fingerprint density at radius 3 is 2.35 bits per heavy atom. The van der Waals surface area contributed by atoms with E-state index in [2.05, 4.69) is 0 Å². The minimum absolute atomic E-state index is 0.0175. The molecular formula is C11H17N3O6. The summed E-state index contributed by atoms with van der Waals surface area (Å²) in [4.78, 5) is 47.9. The van der Waals surface area contributed by atoms with E-state index in [9.17, 15) is 24.3 Å². The number of hydrogen-bond donors (Lipinski definition) is 3. The Morgan fingerprint density at radius 1 is 1.30 bits per heavy atom. The number of aliphatic hydroxyl groups is 1. The smallest absolute Gasteiger partial charge is 0.328 e. The topological polar surface area (TPSA) is 127 Å². The van der Waals surface area contributed by atoms with Gasteiger partial charge < -0.3 is 20.4 Å². The fourth-order valence-corrected chi connectivity index (χ4v) is 1.77. The molecule has 0 spiro atoms. The molecule has 0 aliphatic carbocycles. The van der Waals surface area contributed by atoms with Crippen molar-refractivity contribution in [2.75, 3.05) is 19.6 Å². The van der Waals surface area contributed by atoms with E-state index in [4.69, 9.17) is 5.11 Å². The monoisotopic (exact) mass is 287 g/mol. The molecule has 0 saturated carbocycles. The number of hydrogen-bond acceptors (Lipinski definition) is 5. The molecular weight excluding hydrogens is 270 g/mol. The van der Waals surface area contributed by atoms with E-state index >= 15 is 0 Å². The van der Waals surface area contributed by atoms with E-state index < -0.39 is 36.0 Å². The minimum Gasteiger partial charge on any atom is -0.480 e. The Kier molecular flexibility index (Phi) is 5.03. The lowest BCUT2D eigenvalue weighted by molar-refractivity contribution is -0.153. The summed E-state index contributed by atoms with van der Waals surface area (Å²) in [6.07, 6.45) is -1.33. The summed E-state index contributed by atoms with van der Waals surface area (Å²) in [5, 5.41) is 20.1. The van der Waals surface area contributed by atoms with Crippen molar-refractivity contribution < 1.29 is 29.4 Å². The second-order valence-electron chi connectivity index (χ2n) is 4.35. The molecule has 1 rings (SSSR count). The lowest BCUT2D eigenvalue weighted by atomic mass is 10.2. The quantitative estimate of drug-likeness (QED) is 0.525. The molecule has 9 nitrogen and oxygen atoms in total. The predicted octanol–water partition coefficient (Wildman–Crippen LogP) is -1.78. The highest BCUT2D eigenvalue weighted by Crippen LogP contribution is 2.06. The third-order valence-electron chi connectivity index (χ3n) is 2.96. The molecule has 0 aromatic carbocycles. The van der Waals surface area contributed by atoms with Crippen LogP contribution in [0.5, 0.6) is 0 Å². The first-order valence-electron chi connectivity index (χ1n) is 6.11. The van der Waals surface area contributed by atoms with Crippen molar-refractivity contribution in [3.63, 3.8) is 0 Å². The average molecular weight is 287 g/mol. The van der Waals surface area contributed by atoms with Gasteiger partial charge in [-0.25, -0.2) is 9.59 Å². The van der Waals surface area contributed by atoms with Crippen LogP contribution >= 0.6 is 0 Å². The van der Waals surface area contributed by atoms with Crippen molar-refractivity contribution in [3.05, 3.63) is 0 Å². The van der Waals surface area contributed by atoms with Gasteiger partial charge in [-0.3, -0.25) is 14.5 Å². The number of carboxylic acids is 1. The van der Waals surface area contributed by atoms with Gasteiger partial charge in [0.15, 0.2) is 6.04 Å². The summed E-state index contributed by atoms with van der Waals surface area (Å²) in [7, 11) is 0. The summed E-state index contributed by atoms with van der Waals surface area (Å²) in [5.41, 5.74) is 0. The zero-order chi connectivity index (χ0) is 15.4. The van der Waals surface area contributed by atoms with Gasteiger partial charge in [-0.15, -0.1) is 0 Å². The van der Waals surface area contributed by atoms with E-state index in [0.717, 1.165) is 0 Å². The van der Waals surface area contributed by atoms with E-state index in [1.165, 1.54) is 11.8 Å². The van der Waals surface area contributed by atoms with Crippen LogP contribution in [0.1, 0.15) is 13.8 Å². The fraction of sp³-hybridized carbons (Fsp3) is 0.636. The Balaban J connectivity index is 2.76. The van der Waals surface area contributed by atoms with Crippen LogP contribution < -0.4 is 5.32 Å². The van der Waals surface area contributed by atoms with E-state index in [-0.39, 0.29) is 13.1 Å². The van der Waals surface area contributed by atoms with Crippen LogP contribution in [0.15, 0.2) is 0 Å². The number of carbonyl (C=O) groups is 4. The highest BCUT2D eigenvalue weighted by molar-refractivity contribution is 6.38. The summed E-state index contributed by atoms with van der Waals surface area (Å²) < 4.78 is 0. The Morgan fingerprint density at radius 2 is 1.90 bits per heavy atom. The molecule has 9 heteroatoms. The van der Waals surface area contributed by atoms with Crippen molar-refractivity contribution in [3.8, 4) is 0 Å². The zero-order valence-corrected chi connectivity index (χ0v) is 11.2. The summed E-state index contributed by atoms with van der Waals surface area (Å²) in [5.74, 6) is -3.25. The molecule has 112 valence electrons. The minimum atomic E-state index is -1.55. The van der Waals surface area contributed by atoms with Crippen LogP contribution in [0.4, 0.5) is 4.79 Å². The molecule has 1 aliphatic rings. The third kappa shape index (κ3) is 3.23. The number of carboxylic acid groups (broad SMARTS) is 1. The Labute approximate surface area is 115 Å². The van der Waals surface area contributed by atoms with E-state index in [1.54, 1.807) is 6.92 Å². The molecule has 2 atom stereocenters. The van der Waals surface area contributed by atoms with Crippen LogP contribution in [0, 0.1) is 0 Å². The number of amides is 4. The maximum atomic E-state index is 11.8. The average Bonchev–Trinajstić information content (AvgIpc) is 2.38. The van der Waals surface area contributed by atoms with Gasteiger partial charge in [0, 0.05) is 19.6 Å². The largest absolute Gasteiger partial charge is 0.480 e. The van der Waals surface area contributed by atoms with Gasteiger partial charge >= 0.3 is 23.8 Å². The second kappa shape index (κ2) is 6.33. The van der Waals surface area contributed by atoms with Gasteiger partial charge in [0.2, 0.25) is 0 Å². The number of aliphatic hydroxyl groups excluding tert-OH is 1. The van der Waals surface area contributed by atoms with Crippen molar-refractivity contribution in [1.29, 1.82) is 0 Å². The molecule has 0 unspecified atom stereocenters. The molecule has 1 fully saturated rings. The first-order valence-corrected chi connectivity index (χ1v) is 6.11. The van der Waals surface area contributed by atoms with Crippen LogP contribution in [0.2, 0.25) is 0 Å². The van der Waals surface area contributed by atoms with Crippen LogP contribution in [-0.2, 0) is 14.4 Å². The second-order valence-corrected chi connectivity index (χ2v) is 4.35. The van der Waals surface area contributed by atoms with Crippen molar-refractivity contribution in [2.45, 2.75) is 26.0 Å². The molecule has 1 saturated heterocycles. The van der Waals surface area contributed by atoms with Gasteiger partial charge in [-0.1, -0.05) is 0 Å². The van der Waals surface area contributed by atoms with Gasteiger partial charge in [-0.2, -0.15) is 0 Å². The molecule has 3 N–H and O–H groups in total. The summed E-state index contributed by atoms with van der Waals surface area (Å²) in [6, 6.07) is -2.55. The Bertz CT molecular complexity index is 436. The van der Waals surface area contributed by atoms with Crippen LogP contribution in [0.25, 0.3) is 0 Å². The number of aliphatic carboxylic acids is 1. The van der Waals surface area contributed by atoms with Gasteiger partial charge in [-0.05, 0) is 13.8 Å². The lowest BCUT2D eigenvalue weighted by Crippen LogP contribution is -2.60. The van der Waals surface area contributed by atoms with Gasteiger partial charge in [0.25, 0.3) is 0 Å². The molecule has 0 bridgehead atoms. The maximum Gasteiger partial charge on any atom is 0.328 e. The van der Waals surface area contributed by atoms with E-state index in [0.29, 0.717) is 11.4 Å². The maximum absolute atomic E-state index is 11.8. The normalized spacial score (nSPS) is 18.8. The highest BCUT2D eigenvalue weighted by Gasteiger charge is 2.37. The van der Waals surface area contributed by atoms with Gasteiger partial charge in [0.05, 0.1) is 6.10 Å². The van der Waals surface area contributed by atoms with Crippen molar-refractivity contribution in [2.24, 2.45) is 0 Å². The Hall–Kier alpha value is -2.16. The first kappa shape index (κ1) is 15.9. The van der Waals surface area contributed by atoms with Gasteiger partial charge in [0.1, 0.15) is 0 Å². The number of rotatable bonds is 4. The number of nitrogens with one attached hydrogen (secondary N) is 1. The highest BCUT2D eigenvalue weighted by atomic mass is 16.4. The molecule has 0 aromatic rings. The molecule has 1 aliphatic heterocycles. The summed E-state index contributed by atoms with van der Waals surface area (Å²) in [6.45, 7) is 3.43. The number of carbonyl (C=O) groups excluding carboxylic acids is 3. The standard InChI is InChI=1S/C11H17N3O6/c1-3-13-4-5-14(9(17)8(13)16)11(20)12-7(6(2)15)10(18)19/h6-7,15H,3-5H2,1-2H3,(H,12,20)(H,18,19)/t6-,7+/m0/s1. The number of imide groups is 1. The molecule has 20 heavy (non-hydrogen) atoms. The van der Waals surface area contributed by atoms with Crippen molar-refractivity contribution >= 4 is 23.8 Å². The van der Waals surface area contributed by atoms with Crippen LogP contribution in [-0.4, -0.2) is 75.6 Å².